The predicted molar refractivity (Wildman–Crippen MR) is 194 cm³/mol. The van der Waals surface area contributed by atoms with Crippen molar-refractivity contribution < 1.29 is 29.3 Å². The summed E-state index contributed by atoms with van der Waals surface area (Å²) in [5.41, 5.74) is 0.140. The van der Waals surface area contributed by atoms with E-state index in [1.807, 2.05) is 55.6 Å². The number of ether oxygens (including phenoxy) is 1. The largest absolute Gasteiger partial charge is 0.480 e. The zero-order valence-corrected chi connectivity index (χ0v) is 30.4. The monoisotopic (exact) mass is 713 g/mol. The van der Waals surface area contributed by atoms with Crippen molar-refractivity contribution in [3.8, 4) is 5.75 Å². The molecule has 52 heavy (non-hydrogen) atoms. The van der Waals surface area contributed by atoms with Crippen LogP contribution in [0.5, 0.6) is 5.75 Å². The lowest BCUT2D eigenvalue weighted by molar-refractivity contribution is -0.111. The van der Waals surface area contributed by atoms with Gasteiger partial charge < -0.3 is 25.6 Å². The molecule has 0 radical (unpaired) electrons. The number of fused-ring (bicyclic) bond motifs is 2. The molecule has 0 aliphatic heterocycles. The van der Waals surface area contributed by atoms with Crippen LogP contribution in [0.25, 0.3) is 5.65 Å². The van der Waals surface area contributed by atoms with Crippen molar-refractivity contribution in [2.45, 2.75) is 64.0 Å². The van der Waals surface area contributed by atoms with Gasteiger partial charge in [-0.2, -0.15) is 0 Å². The summed E-state index contributed by atoms with van der Waals surface area (Å²) in [6.45, 7) is 13.1. The van der Waals surface area contributed by atoms with E-state index >= 15 is 0 Å². The van der Waals surface area contributed by atoms with Crippen LogP contribution in [-0.4, -0.2) is 97.3 Å². The topological polar surface area (TPSA) is 196 Å². The maximum Gasteiger partial charge on any atom is 0.321 e. The first-order valence-electron chi connectivity index (χ1n) is 17.2. The first-order valence-corrected chi connectivity index (χ1v) is 17.2. The highest BCUT2D eigenvalue weighted by molar-refractivity contribution is 5.94. The van der Waals surface area contributed by atoms with Crippen molar-refractivity contribution in [2.24, 2.45) is 0 Å². The minimum absolute atomic E-state index is 0.0686. The molecule has 3 aromatic heterocycles. The summed E-state index contributed by atoms with van der Waals surface area (Å²) in [7, 11) is 0. The Morgan fingerprint density at radius 3 is 2.38 bits per heavy atom. The Bertz CT molecular complexity index is 1940. The van der Waals surface area contributed by atoms with E-state index in [9.17, 15) is 24.6 Å². The van der Waals surface area contributed by atoms with Crippen LogP contribution in [0.15, 0.2) is 60.8 Å². The van der Waals surface area contributed by atoms with Crippen molar-refractivity contribution in [1.82, 2.24) is 40.1 Å². The molecule has 0 saturated carbocycles. The predicted octanol–water partition coefficient (Wildman–Crippen LogP) is 3.04. The lowest BCUT2D eigenvalue weighted by atomic mass is 9.81. The fourth-order valence-corrected chi connectivity index (χ4v) is 5.85. The lowest BCUT2D eigenvalue weighted by Crippen LogP contribution is -2.49. The summed E-state index contributed by atoms with van der Waals surface area (Å²) in [5.74, 6) is 0.719. The second kappa shape index (κ2) is 15.6. The van der Waals surface area contributed by atoms with Crippen molar-refractivity contribution in [2.75, 3.05) is 44.7 Å². The molecule has 15 nitrogen and oxygen atoms in total. The average molecular weight is 714 g/mol. The smallest absolute Gasteiger partial charge is 0.321 e. The number of aldehydes is 1. The quantitative estimate of drug-likeness (QED) is 0.101. The molecular formula is C37H47N9O6. The number of carbonyl (C=O) groups excluding carboxylic acids is 3. The zero-order valence-electron chi connectivity index (χ0n) is 30.4. The van der Waals surface area contributed by atoms with Crippen LogP contribution in [0.3, 0.4) is 0 Å². The molecule has 0 spiro atoms. The molecule has 1 aromatic carbocycles. The number of aromatic nitrogens is 5. The van der Waals surface area contributed by atoms with E-state index in [0.717, 1.165) is 5.82 Å². The first kappa shape index (κ1) is 38.0. The Balaban J connectivity index is 1.35. The normalized spacial score (nSPS) is 17.1. The van der Waals surface area contributed by atoms with Gasteiger partial charge in [0.1, 0.15) is 29.0 Å². The van der Waals surface area contributed by atoms with Crippen LogP contribution in [0, 0.1) is 0 Å². The Hall–Kier alpha value is -5.25. The van der Waals surface area contributed by atoms with E-state index in [0.29, 0.717) is 54.1 Å². The van der Waals surface area contributed by atoms with Crippen molar-refractivity contribution in [3.05, 3.63) is 89.3 Å². The molecule has 0 saturated heterocycles. The van der Waals surface area contributed by atoms with E-state index in [1.165, 1.54) is 0 Å². The van der Waals surface area contributed by atoms with Gasteiger partial charge in [0.05, 0.1) is 25.1 Å². The minimum Gasteiger partial charge on any atom is -0.480 e. The SMILES string of the molecule is CC(C)(C)c1cc(NC(=O)N[C@@]2(C=O)C=C[C@@H](Oc3ccc4nnc(C(C)(C)C)n4c3)c3ccccc32)nc(C(=O)NCCN(CCO)CCO)n1. The number of nitrogens with one attached hydrogen (secondary N) is 3. The number of amides is 3. The second-order valence-corrected chi connectivity index (χ2v) is 14.7. The number of carbonyl (C=O) groups is 3. The fourth-order valence-electron chi connectivity index (χ4n) is 5.85. The highest BCUT2D eigenvalue weighted by Crippen LogP contribution is 2.37. The maximum absolute atomic E-state index is 13.6. The number of hydrogen-bond acceptors (Lipinski definition) is 11. The lowest BCUT2D eigenvalue weighted by Gasteiger charge is -2.34. The number of pyridine rings is 1. The van der Waals surface area contributed by atoms with Crippen LogP contribution < -0.4 is 20.7 Å². The number of hydrogen-bond donors (Lipinski definition) is 5. The van der Waals surface area contributed by atoms with Crippen LogP contribution in [0.1, 0.15) is 80.9 Å². The number of benzene rings is 1. The van der Waals surface area contributed by atoms with Gasteiger partial charge in [-0.25, -0.2) is 14.8 Å². The molecule has 1 aliphatic rings. The van der Waals surface area contributed by atoms with Gasteiger partial charge in [-0.05, 0) is 29.8 Å². The fraction of sp³-hybridized carbons (Fsp3) is 0.432. The number of aliphatic hydroxyl groups excluding tert-OH is 2. The summed E-state index contributed by atoms with van der Waals surface area (Å²) in [6.07, 6.45) is 5.25. The van der Waals surface area contributed by atoms with Crippen LogP contribution in [0.2, 0.25) is 0 Å². The molecule has 1 aliphatic carbocycles. The Morgan fingerprint density at radius 1 is 0.981 bits per heavy atom. The number of urea groups is 1. The molecule has 2 atom stereocenters. The molecule has 276 valence electrons. The molecule has 3 heterocycles. The highest BCUT2D eigenvalue weighted by Gasteiger charge is 2.38. The van der Waals surface area contributed by atoms with E-state index in [2.05, 4.69) is 56.9 Å². The summed E-state index contributed by atoms with van der Waals surface area (Å²) in [5, 5.41) is 35.4. The van der Waals surface area contributed by atoms with E-state index in [-0.39, 0.29) is 36.8 Å². The third kappa shape index (κ3) is 8.61. The van der Waals surface area contributed by atoms with Gasteiger partial charge in [0, 0.05) is 48.6 Å². The first-order chi connectivity index (χ1) is 24.7. The van der Waals surface area contributed by atoms with Crippen LogP contribution in [-0.2, 0) is 21.2 Å². The van der Waals surface area contributed by atoms with Crippen molar-refractivity contribution >= 4 is 29.7 Å². The Labute approximate surface area is 302 Å². The molecule has 5 N–H and O–H groups in total. The molecule has 4 aromatic rings. The van der Waals surface area contributed by atoms with Crippen LogP contribution >= 0.6 is 0 Å². The Morgan fingerprint density at radius 2 is 1.71 bits per heavy atom. The van der Waals surface area contributed by atoms with Gasteiger partial charge >= 0.3 is 6.03 Å². The van der Waals surface area contributed by atoms with E-state index in [1.54, 1.807) is 35.3 Å². The van der Waals surface area contributed by atoms with E-state index in [4.69, 9.17) is 4.74 Å². The van der Waals surface area contributed by atoms with Crippen molar-refractivity contribution in [3.63, 3.8) is 0 Å². The van der Waals surface area contributed by atoms with Gasteiger partial charge in [-0.1, -0.05) is 65.8 Å². The van der Waals surface area contributed by atoms with Gasteiger partial charge in [0.2, 0.25) is 5.82 Å². The number of anilines is 1. The third-order valence-corrected chi connectivity index (χ3v) is 8.55. The van der Waals surface area contributed by atoms with Gasteiger partial charge in [-0.15, -0.1) is 10.2 Å². The second-order valence-electron chi connectivity index (χ2n) is 14.7. The number of rotatable bonds is 13. The summed E-state index contributed by atoms with van der Waals surface area (Å²) in [6, 6.07) is 11.7. The molecule has 3 amide bonds. The molecule has 0 bridgehead atoms. The number of nitrogens with zero attached hydrogens (tertiary/aromatic N) is 6. The summed E-state index contributed by atoms with van der Waals surface area (Å²) < 4.78 is 8.32. The molecule has 15 heteroatoms. The standard InChI is InChI=1S/C37H47N9O6/c1-35(2,3)28-21-29(40-31(39-28)32(50)38-15-16-45(17-19-47)18-20-48)41-34(51)42-37(23-49)14-13-27(25-9-7-8-10-26(25)37)52-24-11-12-30-43-44-33(36(4,5)6)46(30)22-24/h7-14,21-23,27,47-48H,15-20H2,1-6H3,(H,38,50)(H2,39,40,41,42,51)/t27-,37-/m1/s1. The zero-order chi connectivity index (χ0) is 37.7. The van der Waals surface area contributed by atoms with Gasteiger partial charge in [0.25, 0.3) is 5.91 Å². The Kier molecular flexibility index (Phi) is 11.4. The molecule has 0 fully saturated rings. The van der Waals surface area contributed by atoms with Crippen molar-refractivity contribution in [1.29, 1.82) is 0 Å². The molecule has 0 unspecified atom stereocenters. The molecular weight excluding hydrogens is 666 g/mol. The number of aliphatic hydroxyl groups is 2. The summed E-state index contributed by atoms with van der Waals surface area (Å²) in [4.78, 5) is 50.1. The van der Waals surface area contributed by atoms with E-state index < -0.39 is 29.0 Å². The molecule has 5 rings (SSSR count). The third-order valence-electron chi connectivity index (χ3n) is 8.55. The maximum atomic E-state index is 13.6. The van der Waals surface area contributed by atoms with Gasteiger partial charge in [-0.3, -0.25) is 24.2 Å². The van der Waals surface area contributed by atoms with Crippen LogP contribution in [0.4, 0.5) is 10.6 Å². The average Bonchev–Trinajstić information content (AvgIpc) is 3.53. The minimum atomic E-state index is -1.53. The van der Waals surface area contributed by atoms with Gasteiger partial charge in [0.15, 0.2) is 11.9 Å². The summed E-state index contributed by atoms with van der Waals surface area (Å²) >= 11 is 0. The highest BCUT2D eigenvalue weighted by atomic mass is 16.5.